The zero-order valence-corrected chi connectivity index (χ0v) is 14.3. The number of pyridine rings is 1. The zero-order chi connectivity index (χ0) is 16.3. The van der Waals surface area contributed by atoms with Crippen LogP contribution < -0.4 is 4.74 Å². The van der Waals surface area contributed by atoms with E-state index in [4.69, 9.17) is 9.47 Å². The minimum Gasteiger partial charge on any atom is -0.478 e. The summed E-state index contributed by atoms with van der Waals surface area (Å²) in [6.45, 7) is 4.02. The molecule has 0 N–H and O–H groups in total. The van der Waals surface area contributed by atoms with Crippen LogP contribution in [0.1, 0.15) is 26.2 Å². The molecule has 7 heteroatoms. The van der Waals surface area contributed by atoms with Crippen LogP contribution in [0.4, 0.5) is 0 Å². The molecule has 2 saturated heterocycles. The number of hydrogen-bond donors (Lipinski definition) is 0. The molecular weight excluding hydrogens is 316 g/mol. The highest BCUT2D eigenvalue weighted by molar-refractivity contribution is 7.89. The van der Waals surface area contributed by atoms with Crippen LogP contribution in [0.2, 0.25) is 0 Å². The maximum Gasteiger partial charge on any atom is 0.214 e. The highest BCUT2D eigenvalue weighted by Gasteiger charge is 2.50. The third kappa shape index (κ3) is 3.84. The lowest BCUT2D eigenvalue weighted by Gasteiger charge is -2.52. The Morgan fingerprint density at radius 1 is 1.43 bits per heavy atom. The first-order valence-electron chi connectivity index (χ1n) is 8.19. The van der Waals surface area contributed by atoms with Gasteiger partial charge >= 0.3 is 0 Å². The molecule has 1 atom stereocenters. The molecule has 1 aromatic rings. The van der Waals surface area contributed by atoms with E-state index in [1.54, 1.807) is 17.4 Å². The number of ether oxygens (including phenoxy) is 2. The molecule has 0 unspecified atom stereocenters. The molecule has 1 spiro atoms. The molecule has 2 aliphatic heterocycles. The molecule has 0 radical (unpaired) electrons. The highest BCUT2D eigenvalue weighted by Crippen LogP contribution is 2.39. The molecule has 0 saturated carbocycles. The summed E-state index contributed by atoms with van der Waals surface area (Å²) in [6.07, 6.45) is 4.58. The van der Waals surface area contributed by atoms with Gasteiger partial charge < -0.3 is 9.47 Å². The van der Waals surface area contributed by atoms with E-state index in [-0.39, 0.29) is 11.4 Å². The molecule has 3 rings (SSSR count). The summed E-state index contributed by atoms with van der Waals surface area (Å²) in [5, 5.41) is 0. The molecular formula is C16H24N2O4S. The van der Waals surface area contributed by atoms with Crippen molar-refractivity contribution in [3.8, 4) is 5.88 Å². The number of nitrogens with zero attached hydrogens (tertiary/aromatic N) is 2. The lowest BCUT2D eigenvalue weighted by molar-refractivity contribution is -0.156. The van der Waals surface area contributed by atoms with E-state index in [1.807, 2.05) is 18.2 Å². The fourth-order valence-electron chi connectivity index (χ4n) is 3.33. The van der Waals surface area contributed by atoms with Crippen molar-refractivity contribution in [3.63, 3.8) is 0 Å². The molecule has 0 aromatic carbocycles. The Bertz CT molecular complexity index is 614. The van der Waals surface area contributed by atoms with E-state index in [0.29, 0.717) is 38.1 Å². The Labute approximate surface area is 137 Å². The second-order valence-electron chi connectivity index (χ2n) is 6.36. The predicted octanol–water partition coefficient (Wildman–Crippen LogP) is 1.68. The molecule has 2 fully saturated rings. The van der Waals surface area contributed by atoms with Crippen LogP contribution in [0.3, 0.4) is 0 Å². The Hall–Kier alpha value is -1.18. The van der Waals surface area contributed by atoms with Crippen molar-refractivity contribution in [1.82, 2.24) is 9.29 Å². The summed E-state index contributed by atoms with van der Waals surface area (Å²) in [5.74, 6) is 1.32. The minimum absolute atomic E-state index is 0.157. The van der Waals surface area contributed by atoms with Crippen LogP contribution in [0.5, 0.6) is 5.88 Å². The summed E-state index contributed by atoms with van der Waals surface area (Å²) < 4.78 is 36.8. The standard InChI is InChI=1S/C16H24N2O4S/c1-2-23(19,20)18-12-16(13-18)11-14(7-10-22-16)6-9-21-15-5-3-4-8-17-15/h3-5,8,14H,2,6-7,9-13H2,1H3/t14-/m0/s1. The number of sulfonamides is 1. The molecule has 1 aromatic heterocycles. The summed E-state index contributed by atoms with van der Waals surface area (Å²) >= 11 is 0. The minimum atomic E-state index is -3.09. The first-order valence-corrected chi connectivity index (χ1v) is 9.79. The largest absolute Gasteiger partial charge is 0.478 e. The van der Waals surface area contributed by atoms with Gasteiger partial charge in [0, 0.05) is 32.0 Å². The molecule has 6 nitrogen and oxygen atoms in total. The first-order chi connectivity index (χ1) is 11.0. The third-order valence-corrected chi connectivity index (χ3v) is 6.47. The van der Waals surface area contributed by atoms with Crippen molar-refractivity contribution in [1.29, 1.82) is 0 Å². The molecule has 0 bridgehead atoms. The van der Waals surface area contributed by atoms with E-state index < -0.39 is 10.0 Å². The molecule has 128 valence electrons. The summed E-state index contributed by atoms with van der Waals surface area (Å²) in [7, 11) is -3.09. The van der Waals surface area contributed by atoms with E-state index in [1.165, 1.54) is 0 Å². The van der Waals surface area contributed by atoms with Gasteiger partial charge in [-0.15, -0.1) is 0 Å². The number of hydrogen-bond acceptors (Lipinski definition) is 5. The highest BCUT2D eigenvalue weighted by atomic mass is 32.2. The SMILES string of the molecule is CCS(=O)(=O)N1CC2(C[C@@H](CCOc3ccccn3)CCO2)C1. The van der Waals surface area contributed by atoms with Gasteiger partial charge in [-0.05, 0) is 38.2 Å². The molecule has 0 amide bonds. The third-order valence-electron chi connectivity index (χ3n) is 4.70. The van der Waals surface area contributed by atoms with Gasteiger partial charge in [-0.25, -0.2) is 13.4 Å². The lowest BCUT2D eigenvalue weighted by Crippen LogP contribution is -2.66. The Morgan fingerprint density at radius 2 is 2.26 bits per heavy atom. The average molecular weight is 340 g/mol. The fourth-order valence-corrected chi connectivity index (χ4v) is 4.56. The van der Waals surface area contributed by atoms with E-state index >= 15 is 0 Å². The molecule has 0 aliphatic carbocycles. The van der Waals surface area contributed by atoms with E-state index in [0.717, 1.165) is 19.3 Å². The van der Waals surface area contributed by atoms with Crippen LogP contribution >= 0.6 is 0 Å². The van der Waals surface area contributed by atoms with Gasteiger partial charge in [0.1, 0.15) is 0 Å². The van der Waals surface area contributed by atoms with Crippen molar-refractivity contribution >= 4 is 10.0 Å². The summed E-state index contributed by atoms with van der Waals surface area (Å²) in [5.41, 5.74) is -0.268. The van der Waals surface area contributed by atoms with Crippen LogP contribution in [0.25, 0.3) is 0 Å². The van der Waals surface area contributed by atoms with Crippen molar-refractivity contribution < 1.29 is 17.9 Å². The normalized spacial score (nSPS) is 24.3. The predicted molar refractivity (Wildman–Crippen MR) is 86.8 cm³/mol. The second-order valence-corrected chi connectivity index (χ2v) is 8.62. The van der Waals surface area contributed by atoms with Gasteiger partial charge in [-0.2, -0.15) is 4.31 Å². The molecule has 23 heavy (non-hydrogen) atoms. The molecule has 3 heterocycles. The fraction of sp³-hybridized carbons (Fsp3) is 0.688. The number of rotatable bonds is 6. The Kier molecular flexibility index (Phi) is 4.89. The van der Waals surface area contributed by atoms with Gasteiger partial charge in [-0.3, -0.25) is 0 Å². The Balaban J connectivity index is 1.46. The summed E-state index contributed by atoms with van der Waals surface area (Å²) in [4.78, 5) is 4.14. The van der Waals surface area contributed by atoms with Gasteiger partial charge in [0.15, 0.2) is 0 Å². The van der Waals surface area contributed by atoms with Gasteiger partial charge in [0.25, 0.3) is 0 Å². The van der Waals surface area contributed by atoms with Gasteiger partial charge in [-0.1, -0.05) is 6.07 Å². The number of aromatic nitrogens is 1. The average Bonchev–Trinajstić information content (AvgIpc) is 2.54. The van der Waals surface area contributed by atoms with Crippen LogP contribution in [-0.4, -0.2) is 55.4 Å². The quantitative estimate of drug-likeness (QED) is 0.788. The van der Waals surface area contributed by atoms with E-state index in [2.05, 4.69) is 4.98 Å². The van der Waals surface area contributed by atoms with Crippen LogP contribution in [0, 0.1) is 5.92 Å². The molecule has 2 aliphatic rings. The van der Waals surface area contributed by atoms with Crippen molar-refractivity contribution in [3.05, 3.63) is 24.4 Å². The van der Waals surface area contributed by atoms with Crippen molar-refractivity contribution in [2.24, 2.45) is 5.92 Å². The van der Waals surface area contributed by atoms with Crippen molar-refractivity contribution in [2.75, 3.05) is 32.1 Å². The topological polar surface area (TPSA) is 68.7 Å². The smallest absolute Gasteiger partial charge is 0.214 e. The maximum absolute atomic E-state index is 11.9. The lowest BCUT2D eigenvalue weighted by atomic mass is 9.80. The van der Waals surface area contributed by atoms with E-state index in [9.17, 15) is 8.42 Å². The van der Waals surface area contributed by atoms with Gasteiger partial charge in [0.05, 0.1) is 18.0 Å². The van der Waals surface area contributed by atoms with Gasteiger partial charge in [0.2, 0.25) is 15.9 Å². The maximum atomic E-state index is 11.9. The Morgan fingerprint density at radius 3 is 2.96 bits per heavy atom. The summed E-state index contributed by atoms with van der Waals surface area (Å²) in [6, 6.07) is 5.62. The van der Waals surface area contributed by atoms with Crippen LogP contribution in [0.15, 0.2) is 24.4 Å². The zero-order valence-electron chi connectivity index (χ0n) is 13.5. The second kappa shape index (κ2) is 6.75. The van der Waals surface area contributed by atoms with Crippen LogP contribution in [-0.2, 0) is 14.8 Å². The monoisotopic (exact) mass is 340 g/mol. The van der Waals surface area contributed by atoms with Crippen molar-refractivity contribution in [2.45, 2.75) is 31.8 Å². The first kappa shape index (κ1) is 16.7.